The second kappa shape index (κ2) is 7.79. The first-order valence-electron chi connectivity index (χ1n) is 10.8. The largest absolute Gasteiger partial charge is 0.444 e. The van der Waals surface area contributed by atoms with Crippen molar-refractivity contribution in [1.82, 2.24) is 19.5 Å². The summed E-state index contributed by atoms with van der Waals surface area (Å²) in [5.74, 6) is 5.12. The smallest absolute Gasteiger partial charge is 0.407 e. The van der Waals surface area contributed by atoms with E-state index < -0.39 is 28.8 Å². The number of amides is 1. The lowest BCUT2D eigenvalue weighted by atomic mass is 10.0. The summed E-state index contributed by atoms with van der Waals surface area (Å²) in [5, 5.41) is 2.83. The highest BCUT2D eigenvalue weighted by Crippen LogP contribution is 2.36. The number of pyridine rings is 1. The Bertz CT molecular complexity index is 1180. The number of hydrogen-bond donors (Lipinski definition) is 2. The van der Waals surface area contributed by atoms with Crippen molar-refractivity contribution in [3.05, 3.63) is 32.7 Å². The summed E-state index contributed by atoms with van der Waals surface area (Å²) in [6, 6.07) is 0.834. The van der Waals surface area contributed by atoms with E-state index in [1.807, 2.05) is 6.92 Å². The highest BCUT2D eigenvalue weighted by atomic mass is 19.1. The minimum atomic E-state index is -0.769. The number of rotatable bonds is 4. The summed E-state index contributed by atoms with van der Waals surface area (Å²) in [6.07, 6.45) is 1.78. The molecule has 2 unspecified atom stereocenters. The summed E-state index contributed by atoms with van der Waals surface area (Å²) in [6.45, 7) is 8.27. The van der Waals surface area contributed by atoms with Crippen LogP contribution in [0.5, 0.6) is 0 Å². The van der Waals surface area contributed by atoms with Gasteiger partial charge in [0.1, 0.15) is 5.60 Å². The number of aromatic nitrogens is 3. The van der Waals surface area contributed by atoms with Gasteiger partial charge in [0.25, 0.3) is 5.56 Å². The predicted molar refractivity (Wildman–Crippen MR) is 118 cm³/mol. The van der Waals surface area contributed by atoms with Crippen molar-refractivity contribution in [2.75, 3.05) is 23.8 Å². The molecule has 11 heteroatoms. The maximum absolute atomic E-state index is 15.0. The van der Waals surface area contributed by atoms with Gasteiger partial charge in [-0.15, -0.1) is 0 Å². The van der Waals surface area contributed by atoms with Crippen LogP contribution in [0.1, 0.15) is 53.0 Å². The average molecular weight is 448 g/mol. The minimum absolute atomic E-state index is 0.0176. The molecule has 4 rings (SSSR count). The molecule has 1 amide bonds. The fourth-order valence-corrected chi connectivity index (χ4v) is 4.12. The predicted octanol–water partition coefficient (Wildman–Crippen LogP) is 1.49. The monoisotopic (exact) mass is 448 g/mol. The Morgan fingerprint density at radius 1 is 1.31 bits per heavy atom. The van der Waals surface area contributed by atoms with Crippen LogP contribution in [0.25, 0.3) is 11.0 Å². The lowest BCUT2D eigenvalue weighted by molar-refractivity contribution is 0.0494. The molecule has 3 heterocycles. The van der Waals surface area contributed by atoms with E-state index in [0.717, 1.165) is 25.3 Å². The fourth-order valence-electron chi connectivity index (χ4n) is 4.12. The molecular formula is C21H29FN6O4. The molecule has 1 saturated carbocycles. The Hall–Kier alpha value is -3.11. The quantitative estimate of drug-likeness (QED) is 0.679. The molecule has 2 aliphatic rings. The molecule has 0 spiro atoms. The normalized spacial score (nSPS) is 19.9. The van der Waals surface area contributed by atoms with Crippen LogP contribution in [0.3, 0.4) is 0 Å². The van der Waals surface area contributed by atoms with Gasteiger partial charge in [-0.3, -0.25) is 9.36 Å². The number of hydrogen-bond acceptors (Lipinski definition) is 7. The SMILES string of the molecule is CC(NC(=O)OC(C)(C)C)C1CCN(c2nc3c(cc2F)c(=O)n(N)c(=O)n3C2CC2)C1. The molecule has 10 nitrogen and oxygen atoms in total. The van der Waals surface area contributed by atoms with E-state index in [1.165, 1.54) is 4.57 Å². The molecule has 0 radical (unpaired) electrons. The number of nitrogen functional groups attached to an aromatic ring is 1. The molecule has 1 aliphatic heterocycles. The van der Waals surface area contributed by atoms with Crippen molar-refractivity contribution < 1.29 is 13.9 Å². The van der Waals surface area contributed by atoms with E-state index in [0.29, 0.717) is 17.8 Å². The van der Waals surface area contributed by atoms with Gasteiger partial charge in [-0.25, -0.2) is 19.0 Å². The third-order valence-electron chi connectivity index (χ3n) is 5.91. The van der Waals surface area contributed by atoms with Crippen LogP contribution in [-0.2, 0) is 4.74 Å². The van der Waals surface area contributed by atoms with Crippen molar-refractivity contribution in [3.63, 3.8) is 0 Å². The molecule has 174 valence electrons. The van der Waals surface area contributed by atoms with Crippen molar-refractivity contribution in [2.24, 2.45) is 5.92 Å². The zero-order chi connectivity index (χ0) is 23.4. The second-order valence-electron chi connectivity index (χ2n) is 9.65. The van der Waals surface area contributed by atoms with E-state index >= 15 is 0 Å². The molecule has 32 heavy (non-hydrogen) atoms. The molecule has 2 aromatic rings. The van der Waals surface area contributed by atoms with Crippen LogP contribution in [0.2, 0.25) is 0 Å². The van der Waals surface area contributed by atoms with Crippen molar-refractivity contribution >= 4 is 22.9 Å². The topological polar surface area (TPSA) is 124 Å². The summed E-state index contributed by atoms with van der Waals surface area (Å²) in [5.41, 5.74) is -1.86. The Morgan fingerprint density at radius 2 is 2.00 bits per heavy atom. The second-order valence-corrected chi connectivity index (χ2v) is 9.65. The molecule has 0 aromatic carbocycles. The molecule has 0 bridgehead atoms. The Kier molecular flexibility index (Phi) is 5.38. The van der Waals surface area contributed by atoms with E-state index in [2.05, 4.69) is 10.3 Å². The number of anilines is 1. The Morgan fingerprint density at radius 3 is 2.62 bits per heavy atom. The van der Waals surface area contributed by atoms with Gasteiger partial charge < -0.3 is 20.8 Å². The Balaban J connectivity index is 1.59. The van der Waals surface area contributed by atoms with E-state index in [1.54, 1.807) is 25.7 Å². The maximum atomic E-state index is 15.0. The summed E-state index contributed by atoms with van der Waals surface area (Å²) in [7, 11) is 0. The van der Waals surface area contributed by atoms with Crippen LogP contribution in [0, 0.1) is 11.7 Å². The van der Waals surface area contributed by atoms with Gasteiger partial charge >= 0.3 is 11.8 Å². The Labute approximate surface area is 184 Å². The average Bonchev–Trinajstić information content (AvgIpc) is 3.40. The van der Waals surface area contributed by atoms with E-state index in [4.69, 9.17) is 10.6 Å². The highest BCUT2D eigenvalue weighted by Gasteiger charge is 2.33. The summed E-state index contributed by atoms with van der Waals surface area (Å²) >= 11 is 0. The summed E-state index contributed by atoms with van der Waals surface area (Å²) in [4.78, 5) is 43.3. The van der Waals surface area contributed by atoms with Crippen LogP contribution in [0.4, 0.5) is 15.0 Å². The number of nitrogens with one attached hydrogen (secondary N) is 1. The first-order valence-corrected chi connectivity index (χ1v) is 10.8. The lowest BCUT2D eigenvalue weighted by Crippen LogP contribution is -2.45. The summed E-state index contributed by atoms with van der Waals surface area (Å²) < 4.78 is 22.2. The van der Waals surface area contributed by atoms with Crippen molar-refractivity contribution in [1.29, 1.82) is 0 Å². The third kappa shape index (κ3) is 4.15. The van der Waals surface area contributed by atoms with Crippen molar-refractivity contribution in [3.8, 4) is 0 Å². The number of alkyl carbamates (subject to hydrolysis) is 1. The maximum Gasteiger partial charge on any atom is 0.407 e. The minimum Gasteiger partial charge on any atom is -0.444 e. The standard InChI is InChI=1S/C21H29FN6O4/c1-11(24-19(30)32-21(2,3)4)12-7-8-26(10-12)17-15(22)9-14-16(25-17)27(13-5-6-13)20(31)28(23)18(14)29/h9,11-13H,5-8,10,23H2,1-4H3,(H,24,30). The number of fused-ring (bicyclic) bond motifs is 1. The van der Waals surface area contributed by atoms with Crippen LogP contribution >= 0.6 is 0 Å². The highest BCUT2D eigenvalue weighted by molar-refractivity contribution is 5.77. The van der Waals surface area contributed by atoms with Gasteiger partial charge in [0.15, 0.2) is 17.3 Å². The number of ether oxygens (including phenoxy) is 1. The van der Waals surface area contributed by atoms with Gasteiger partial charge in [-0.2, -0.15) is 4.68 Å². The zero-order valence-electron chi connectivity index (χ0n) is 18.7. The van der Waals surface area contributed by atoms with Gasteiger partial charge in [-0.05, 0) is 58.9 Å². The van der Waals surface area contributed by atoms with Gasteiger partial charge in [0.2, 0.25) is 0 Å². The molecule has 3 N–H and O–H groups in total. The first kappa shape index (κ1) is 22.1. The zero-order valence-corrected chi connectivity index (χ0v) is 18.7. The lowest BCUT2D eigenvalue weighted by Gasteiger charge is -2.25. The molecule has 2 atom stereocenters. The number of carbonyl (C=O) groups excluding carboxylic acids is 1. The van der Waals surface area contributed by atoms with Crippen LogP contribution in [0.15, 0.2) is 15.7 Å². The first-order chi connectivity index (χ1) is 15.0. The molecule has 1 aliphatic carbocycles. The fraction of sp³-hybridized carbons (Fsp3) is 0.619. The molecule has 1 saturated heterocycles. The number of halogens is 1. The van der Waals surface area contributed by atoms with E-state index in [9.17, 15) is 18.8 Å². The molecule has 2 fully saturated rings. The number of nitrogens with zero attached hydrogens (tertiary/aromatic N) is 4. The van der Waals surface area contributed by atoms with Crippen LogP contribution < -0.4 is 27.3 Å². The van der Waals surface area contributed by atoms with Gasteiger partial charge in [-0.1, -0.05) is 0 Å². The van der Waals surface area contributed by atoms with Gasteiger partial charge in [0.05, 0.1) is 5.39 Å². The van der Waals surface area contributed by atoms with Crippen LogP contribution in [-0.4, -0.2) is 45.1 Å². The number of nitrogens with two attached hydrogens (primary N) is 1. The molecular weight excluding hydrogens is 419 g/mol. The van der Waals surface area contributed by atoms with Crippen molar-refractivity contribution in [2.45, 2.75) is 64.6 Å². The number of carbonyl (C=O) groups is 1. The molecule has 2 aromatic heterocycles. The van der Waals surface area contributed by atoms with Gasteiger partial charge in [0, 0.05) is 25.2 Å². The third-order valence-corrected chi connectivity index (χ3v) is 5.91. The van der Waals surface area contributed by atoms with E-state index in [-0.39, 0.29) is 34.9 Å².